The van der Waals surface area contributed by atoms with Crippen LogP contribution < -0.4 is 10.6 Å². The number of aromatic nitrogens is 4. The number of imidazole rings is 1. The van der Waals surface area contributed by atoms with Crippen molar-refractivity contribution in [3.63, 3.8) is 0 Å². The van der Waals surface area contributed by atoms with E-state index in [1.165, 1.54) is 10.4 Å². The minimum atomic E-state index is 0.0138. The Labute approximate surface area is 178 Å². The number of rotatable bonds is 7. The number of anilines is 3. The fourth-order valence-electron chi connectivity index (χ4n) is 3.04. The van der Waals surface area contributed by atoms with E-state index in [9.17, 15) is 4.79 Å². The van der Waals surface area contributed by atoms with Crippen LogP contribution in [-0.2, 0) is 11.2 Å². The summed E-state index contributed by atoms with van der Waals surface area (Å²) < 4.78 is 1.83. The van der Waals surface area contributed by atoms with Gasteiger partial charge in [-0.25, -0.2) is 15.0 Å². The summed E-state index contributed by atoms with van der Waals surface area (Å²) in [6.07, 6.45) is 6.48. The lowest BCUT2D eigenvalue weighted by molar-refractivity contribution is -0.116. The first-order chi connectivity index (χ1) is 14.6. The lowest BCUT2D eigenvalue weighted by atomic mass is 10.2. The van der Waals surface area contributed by atoms with Crippen molar-refractivity contribution >= 4 is 34.4 Å². The molecule has 0 saturated heterocycles. The smallest absolute Gasteiger partial charge is 0.224 e. The molecule has 0 aliphatic rings. The maximum atomic E-state index is 12.2. The molecular weight excluding hydrogens is 396 g/mol. The zero-order chi connectivity index (χ0) is 20.9. The third kappa shape index (κ3) is 4.90. The molecular formula is C22H22N6OS. The third-order valence-electron chi connectivity index (χ3n) is 4.58. The van der Waals surface area contributed by atoms with Crippen molar-refractivity contribution in [2.75, 3.05) is 10.6 Å². The molecule has 0 radical (unpaired) electrons. The van der Waals surface area contributed by atoms with Gasteiger partial charge in [0, 0.05) is 41.1 Å². The van der Waals surface area contributed by atoms with Crippen LogP contribution in [0.4, 0.5) is 17.2 Å². The van der Waals surface area contributed by atoms with E-state index in [0.717, 1.165) is 23.6 Å². The van der Waals surface area contributed by atoms with Crippen molar-refractivity contribution in [1.82, 2.24) is 19.5 Å². The van der Waals surface area contributed by atoms with Crippen molar-refractivity contribution in [3.05, 3.63) is 76.8 Å². The molecule has 3 heterocycles. The van der Waals surface area contributed by atoms with Gasteiger partial charge in [0.2, 0.25) is 5.91 Å². The van der Waals surface area contributed by atoms with Crippen LogP contribution in [0.3, 0.4) is 0 Å². The number of nitrogens with one attached hydrogen (secondary N) is 2. The van der Waals surface area contributed by atoms with E-state index < -0.39 is 0 Å². The molecule has 0 bridgehead atoms. The second-order valence-corrected chi connectivity index (χ2v) is 7.91. The van der Waals surface area contributed by atoms with Crippen molar-refractivity contribution in [1.29, 1.82) is 0 Å². The molecule has 0 spiro atoms. The average molecular weight is 419 g/mol. The Bertz CT molecular complexity index is 1130. The maximum absolute atomic E-state index is 12.2. The summed E-state index contributed by atoms with van der Waals surface area (Å²) in [4.78, 5) is 26.4. The number of hydrogen-bond acceptors (Lipinski definition) is 6. The van der Waals surface area contributed by atoms with Gasteiger partial charge in [0.25, 0.3) is 0 Å². The molecule has 0 atom stereocenters. The van der Waals surface area contributed by atoms with Gasteiger partial charge in [-0.05, 0) is 61.5 Å². The second kappa shape index (κ2) is 8.87. The van der Waals surface area contributed by atoms with Crippen LogP contribution in [0.5, 0.6) is 0 Å². The number of carbonyl (C=O) groups excluding carboxylic acids is 1. The normalized spacial score (nSPS) is 10.7. The van der Waals surface area contributed by atoms with Crippen LogP contribution in [0.1, 0.15) is 22.7 Å². The van der Waals surface area contributed by atoms with Gasteiger partial charge in [0.05, 0.1) is 0 Å². The number of amides is 1. The van der Waals surface area contributed by atoms with Gasteiger partial charge in [-0.1, -0.05) is 0 Å². The first-order valence-electron chi connectivity index (χ1n) is 9.61. The summed E-state index contributed by atoms with van der Waals surface area (Å²) in [5.41, 5.74) is 2.89. The van der Waals surface area contributed by atoms with Gasteiger partial charge in [0.1, 0.15) is 23.8 Å². The standard InChI is InChI=1S/C22H22N6OS/c1-15-9-12-30-19(15)7-8-22(29)27-18-5-3-17(4-6-18)26-20-13-21(25-16(2)24-20)28-11-10-23-14-28/h3-6,9-14H,7-8H2,1-2H3,(H,27,29)(H,24,25,26). The number of nitrogens with zero attached hydrogens (tertiary/aromatic N) is 4. The van der Waals surface area contributed by atoms with Crippen LogP contribution in [0, 0.1) is 13.8 Å². The fraction of sp³-hybridized carbons (Fsp3) is 0.182. The Balaban J connectivity index is 1.37. The molecule has 2 N–H and O–H groups in total. The highest BCUT2D eigenvalue weighted by molar-refractivity contribution is 7.10. The molecule has 7 nitrogen and oxygen atoms in total. The molecule has 4 aromatic rings. The summed E-state index contributed by atoms with van der Waals surface area (Å²) in [6.45, 7) is 3.93. The van der Waals surface area contributed by atoms with Crippen molar-refractivity contribution < 1.29 is 4.79 Å². The van der Waals surface area contributed by atoms with Crippen LogP contribution in [0.2, 0.25) is 0 Å². The number of hydrogen-bond donors (Lipinski definition) is 2. The minimum Gasteiger partial charge on any atom is -0.340 e. The molecule has 4 rings (SSSR count). The highest BCUT2D eigenvalue weighted by Gasteiger charge is 2.07. The van der Waals surface area contributed by atoms with E-state index in [2.05, 4.69) is 44.0 Å². The van der Waals surface area contributed by atoms with E-state index in [1.807, 2.05) is 48.0 Å². The maximum Gasteiger partial charge on any atom is 0.224 e. The largest absolute Gasteiger partial charge is 0.340 e. The highest BCUT2D eigenvalue weighted by atomic mass is 32.1. The molecule has 0 aliphatic heterocycles. The van der Waals surface area contributed by atoms with Crippen LogP contribution >= 0.6 is 11.3 Å². The van der Waals surface area contributed by atoms with Crippen LogP contribution in [0.25, 0.3) is 5.82 Å². The van der Waals surface area contributed by atoms with Gasteiger partial charge in [-0.15, -0.1) is 11.3 Å². The quantitative estimate of drug-likeness (QED) is 0.456. The average Bonchev–Trinajstić information content (AvgIpc) is 3.39. The van der Waals surface area contributed by atoms with E-state index in [-0.39, 0.29) is 5.91 Å². The van der Waals surface area contributed by atoms with Gasteiger partial charge >= 0.3 is 0 Å². The predicted octanol–water partition coefficient (Wildman–Crippen LogP) is 4.66. The van der Waals surface area contributed by atoms with E-state index in [1.54, 1.807) is 23.9 Å². The fourth-order valence-corrected chi connectivity index (χ4v) is 3.95. The number of carbonyl (C=O) groups is 1. The summed E-state index contributed by atoms with van der Waals surface area (Å²) in [5.74, 6) is 2.11. The van der Waals surface area contributed by atoms with Crippen LogP contribution in [0.15, 0.2) is 60.5 Å². The summed E-state index contributed by atoms with van der Waals surface area (Å²) in [7, 11) is 0. The van der Waals surface area contributed by atoms with E-state index in [0.29, 0.717) is 18.1 Å². The Morgan fingerprint density at radius 1 is 1.10 bits per heavy atom. The number of thiophene rings is 1. The SMILES string of the molecule is Cc1nc(Nc2ccc(NC(=O)CCc3sccc3C)cc2)cc(-n2ccnc2)n1. The third-order valence-corrected chi connectivity index (χ3v) is 5.66. The zero-order valence-corrected chi connectivity index (χ0v) is 17.6. The molecule has 1 aromatic carbocycles. The van der Waals surface area contributed by atoms with E-state index >= 15 is 0 Å². The Hall–Kier alpha value is -3.52. The summed E-state index contributed by atoms with van der Waals surface area (Å²) in [5, 5.41) is 8.30. The molecule has 152 valence electrons. The number of aryl methyl sites for hydroxylation is 3. The molecule has 0 fully saturated rings. The number of benzene rings is 1. The van der Waals surface area contributed by atoms with Crippen LogP contribution in [-0.4, -0.2) is 25.4 Å². The molecule has 30 heavy (non-hydrogen) atoms. The Morgan fingerprint density at radius 3 is 2.60 bits per heavy atom. The van der Waals surface area contributed by atoms with Crippen molar-refractivity contribution in [3.8, 4) is 5.82 Å². The molecule has 0 aliphatic carbocycles. The van der Waals surface area contributed by atoms with Gasteiger partial charge < -0.3 is 10.6 Å². The topological polar surface area (TPSA) is 84.7 Å². The highest BCUT2D eigenvalue weighted by Crippen LogP contribution is 2.21. The Kier molecular flexibility index (Phi) is 5.85. The molecule has 1 amide bonds. The molecule has 3 aromatic heterocycles. The lowest BCUT2D eigenvalue weighted by Crippen LogP contribution is -2.12. The molecule has 0 saturated carbocycles. The molecule has 0 unspecified atom stereocenters. The minimum absolute atomic E-state index is 0.0138. The lowest BCUT2D eigenvalue weighted by Gasteiger charge is -2.10. The first kappa shape index (κ1) is 19.8. The van der Waals surface area contributed by atoms with E-state index in [4.69, 9.17) is 0 Å². The molecule has 8 heteroatoms. The zero-order valence-electron chi connectivity index (χ0n) is 16.8. The second-order valence-electron chi connectivity index (χ2n) is 6.91. The van der Waals surface area contributed by atoms with Gasteiger partial charge in [0.15, 0.2) is 0 Å². The van der Waals surface area contributed by atoms with Gasteiger partial charge in [-0.2, -0.15) is 0 Å². The summed E-state index contributed by atoms with van der Waals surface area (Å²) >= 11 is 1.70. The summed E-state index contributed by atoms with van der Waals surface area (Å²) in [6, 6.07) is 11.5. The predicted molar refractivity (Wildman–Crippen MR) is 120 cm³/mol. The monoisotopic (exact) mass is 418 g/mol. The first-order valence-corrected chi connectivity index (χ1v) is 10.5. The Morgan fingerprint density at radius 2 is 1.90 bits per heavy atom. The van der Waals surface area contributed by atoms with Crippen molar-refractivity contribution in [2.45, 2.75) is 26.7 Å². The van der Waals surface area contributed by atoms with Crippen molar-refractivity contribution in [2.24, 2.45) is 0 Å². The van der Waals surface area contributed by atoms with Gasteiger partial charge in [-0.3, -0.25) is 9.36 Å².